The van der Waals surface area contributed by atoms with E-state index >= 15 is 0 Å². The Hall–Kier alpha value is -0.910. The van der Waals surface area contributed by atoms with Crippen molar-refractivity contribution in [1.29, 1.82) is 0 Å². The van der Waals surface area contributed by atoms with Crippen LogP contribution in [0.2, 0.25) is 0 Å². The van der Waals surface area contributed by atoms with Crippen molar-refractivity contribution in [1.82, 2.24) is 4.98 Å². The number of aromatic nitrogens is 1. The van der Waals surface area contributed by atoms with E-state index in [9.17, 15) is 0 Å². The Kier molecular flexibility index (Phi) is 4.62. The molecule has 0 fully saturated rings. The zero-order chi connectivity index (χ0) is 14.8. The third-order valence-corrected chi connectivity index (χ3v) is 5.04. The summed E-state index contributed by atoms with van der Waals surface area (Å²) in [6.07, 6.45) is 1.83. The van der Waals surface area contributed by atoms with E-state index in [-0.39, 0.29) is 0 Å². The van der Waals surface area contributed by atoms with Crippen LogP contribution in [0.4, 0.5) is 5.69 Å². The van der Waals surface area contributed by atoms with Crippen LogP contribution in [-0.2, 0) is 6.54 Å². The lowest BCUT2D eigenvalue weighted by atomic mass is 10.1. The molecule has 0 saturated heterocycles. The van der Waals surface area contributed by atoms with Gasteiger partial charge in [0.25, 0.3) is 0 Å². The van der Waals surface area contributed by atoms with Gasteiger partial charge in [-0.2, -0.15) is 0 Å². The Labute approximate surface area is 148 Å². The summed E-state index contributed by atoms with van der Waals surface area (Å²) in [4.78, 5) is 4.50. The van der Waals surface area contributed by atoms with Crippen molar-refractivity contribution in [2.45, 2.75) is 6.54 Å². The molecule has 1 heterocycles. The fraction of sp³-hybridized carbons (Fsp3) is 0.0625. The van der Waals surface area contributed by atoms with Gasteiger partial charge in [0.05, 0.1) is 5.52 Å². The fourth-order valence-electron chi connectivity index (χ4n) is 2.16. The molecule has 0 amide bonds. The Morgan fingerprint density at radius 2 is 1.81 bits per heavy atom. The lowest BCUT2D eigenvalue weighted by Gasteiger charge is -2.11. The maximum Gasteiger partial charge on any atom is 0.0763 e. The second-order valence-electron chi connectivity index (χ2n) is 4.58. The first-order chi connectivity index (χ1) is 10.1. The van der Waals surface area contributed by atoms with E-state index in [0.29, 0.717) is 0 Å². The summed E-state index contributed by atoms with van der Waals surface area (Å²) >= 11 is 10.6. The molecule has 106 valence electrons. The topological polar surface area (TPSA) is 24.9 Å². The number of benzene rings is 2. The van der Waals surface area contributed by atoms with Crippen LogP contribution in [0, 0.1) is 0 Å². The predicted octanol–water partition coefficient (Wildman–Crippen LogP) is 6.13. The summed E-state index contributed by atoms with van der Waals surface area (Å²) in [5.74, 6) is 0. The molecular formula is C16H11Br3N2. The normalized spacial score (nSPS) is 10.8. The number of hydrogen-bond acceptors (Lipinski definition) is 2. The van der Waals surface area contributed by atoms with E-state index in [2.05, 4.69) is 76.3 Å². The first kappa shape index (κ1) is 15.0. The van der Waals surface area contributed by atoms with Gasteiger partial charge in [0.2, 0.25) is 0 Å². The molecule has 0 aliphatic rings. The highest BCUT2D eigenvalue weighted by Crippen LogP contribution is 2.28. The highest BCUT2D eigenvalue weighted by atomic mass is 79.9. The van der Waals surface area contributed by atoms with Crippen molar-refractivity contribution in [3.63, 3.8) is 0 Å². The summed E-state index contributed by atoms with van der Waals surface area (Å²) in [5.41, 5.74) is 3.25. The van der Waals surface area contributed by atoms with Gasteiger partial charge in [-0.25, -0.2) is 0 Å². The van der Waals surface area contributed by atoms with Gasteiger partial charge in [0, 0.05) is 37.2 Å². The van der Waals surface area contributed by atoms with Gasteiger partial charge >= 0.3 is 0 Å². The lowest BCUT2D eigenvalue weighted by Crippen LogP contribution is -2.01. The molecule has 1 aromatic heterocycles. The highest BCUT2D eigenvalue weighted by Gasteiger charge is 2.06. The fourth-order valence-corrected chi connectivity index (χ4v) is 3.80. The molecule has 0 unspecified atom stereocenters. The highest BCUT2D eigenvalue weighted by molar-refractivity contribution is 9.11. The molecule has 0 aliphatic carbocycles. The first-order valence-corrected chi connectivity index (χ1v) is 8.74. The quantitative estimate of drug-likeness (QED) is 0.497. The van der Waals surface area contributed by atoms with Gasteiger partial charge in [-0.15, -0.1) is 0 Å². The van der Waals surface area contributed by atoms with Crippen LogP contribution in [-0.4, -0.2) is 4.98 Å². The van der Waals surface area contributed by atoms with E-state index < -0.39 is 0 Å². The number of nitrogens with one attached hydrogen (secondary N) is 1. The second-order valence-corrected chi connectivity index (χ2v) is 7.21. The SMILES string of the molecule is Brc1ccc(NCc2ccc(Br)c3cccnc23)c(Br)c1. The van der Waals surface area contributed by atoms with Crippen molar-refractivity contribution >= 4 is 64.4 Å². The van der Waals surface area contributed by atoms with Crippen LogP contribution in [0.3, 0.4) is 0 Å². The van der Waals surface area contributed by atoms with Crippen LogP contribution in [0.5, 0.6) is 0 Å². The number of nitrogens with zero attached hydrogens (tertiary/aromatic N) is 1. The van der Waals surface area contributed by atoms with E-state index in [1.54, 1.807) is 0 Å². The molecule has 2 nitrogen and oxygen atoms in total. The van der Waals surface area contributed by atoms with Gasteiger partial charge < -0.3 is 5.32 Å². The maximum absolute atomic E-state index is 4.50. The molecule has 5 heteroatoms. The van der Waals surface area contributed by atoms with Gasteiger partial charge in [-0.05, 0) is 51.8 Å². The first-order valence-electron chi connectivity index (χ1n) is 6.36. The predicted molar refractivity (Wildman–Crippen MR) is 98.6 cm³/mol. The maximum atomic E-state index is 4.50. The zero-order valence-corrected chi connectivity index (χ0v) is 15.7. The summed E-state index contributed by atoms with van der Waals surface area (Å²) in [6.45, 7) is 0.723. The van der Waals surface area contributed by atoms with Crippen LogP contribution in [0.15, 0.2) is 62.1 Å². The smallest absolute Gasteiger partial charge is 0.0763 e. The molecule has 0 atom stereocenters. The number of halogens is 3. The minimum absolute atomic E-state index is 0.723. The Balaban J connectivity index is 1.90. The molecule has 3 aromatic rings. The van der Waals surface area contributed by atoms with Crippen molar-refractivity contribution in [3.8, 4) is 0 Å². The molecule has 2 aromatic carbocycles. The number of hydrogen-bond donors (Lipinski definition) is 1. The molecule has 3 rings (SSSR count). The standard InChI is InChI=1S/C16H11Br3N2/c17-11-4-6-15(14(19)8-11)21-9-10-3-5-13(18)12-2-1-7-20-16(10)12/h1-8,21H,9H2. The molecule has 0 spiro atoms. The number of rotatable bonds is 3. The summed E-state index contributed by atoms with van der Waals surface area (Å²) < 4.78 is 3.15. The van der Waals surface area contributed by atoms with Crippen LogP contribution in [0.25, 0.3) is 10.9 Å². The molecule has 1 N–H and O–H groups in total. The average Bonchev–Trinajstić information content (AvgIpc) is 2.48. The van der Waals surface area contributed by atoms with E-state index in [4.69, 9.17) is 0 Å². The molecular weight excluding hydrogens is 460 g/mol. The molecule has 0 bridgehead atoms. The van der Waals surface area contributed by atoms with E-state index in [1.165, 1.54) is 5.56 Å². The molecule has 0 radical (unpaired) electrons. The van der Waals surface area contributed by atoms with Crippen molar-refractivity contribution in [2.24, 2.45) is 0 Å². The summed E-state index contributed by atoms with van der Waals surface area (Å²) in [6, 6.07) is 14.3. The number of pyridine rings is 1. The average molecular weight is 471 g/mol. The third-order valence-electron chi connectivity index (χ3n) is 3.20. The Bertz CT molecular complexity index is 803. The molecule has 21 heavy (non-hydrogen) atoms. The summed E-state index contributed by atoms with van der Waals surface area (Å²) in [5, 5.41) is 4.58. The van der Waals surface area contributed by atoms with Gasteiger partial charge in [-0.3, -0.25) is 4.98 Å². The lowest BCUT2D eigenvalue weighted by molar-refractivity contribution is 1.15. The molecule has 0 aliphatic heterocycles. The van der Waals surface area contributed by atoms with Crippen molar-refractivity contribution < 1.29 is 0 Å². The van der Waals surface area contributed by atoms with Crippen molar-refractivity contribution in [2.75, 3.05) is 5.32 Å². The number of anilines is 1. The monoisotopic (exact) mass is 468 g/mol. The van der Waals surface area contributed by atoms with E-state index in [1.807, 2.05) is 30.5 Å². The van der Waals surface area contributed by atoms with Gasteiger partial charge in [0.1, 0.15) is 0 Å². The second kappa shape index (κ2) is 6.46. The van der Waals surface area contributed by atoms with Crippen molar-refractivity contribution in [3.05, 3.63) is 67.6 Å². The number of fused-ring (bicyclic) bond motifs is 1. The largest absolute Gasteiger partial charge is 0.380 e. The van der Waals surface area contributed by atoms with Crippen LogP contribution in [0.1, 0.15) is 5.56 Å². The van der Waals surface area contributed by atoms with Gasteiger partial charge in [0.15, 0.2) is 0 Å². The van der Waals surface area contributed by atoms with E-state index in [0.717, 1.165) is 36.6 Å². The Morgan fingerprint density at radius 3 is 2.62 bits per heavy atom. The van der Waals surface area contributed by atoms with Crippen LogP contribution >= 0.6 is 47.8 Å². The Morgan fingerprint density at radius 1 is 0.952 bits per heavy atom. The van der Waals surface area contributed by atoms with Crippen LogP contribution < -0.4 is 5.32 Å². The third kappa shape index (κ3) is 3.30. The molecule has 0 saturated carbocycles. The minimum atomic E-state index is 0.723. The minimum Gasteiger partial charge on any atom is -0.380 e. The zero-order valence-electron chi connectivity index (χ0n) is 10.9. The van der Waals surface area contributed by atoms with Gasteiger partial charge in [-0.1, -0.05) is 44.0 Å². The summed E-state index contributed by atoms with van der Waals surface area (Å²) in [7, 11) is 0.